The molecule has 1 saturated carbocycles. The highest BCUT2D eigenvalue weighted by atomic mass is 16.5. The molecule has 1 amide bonds. The Balaban J connectivity index is 1.15. The maximum Gasteiger partial charge on any atom is 0.225 e. The predicted molar refractivity (Wildman–Crippen MR) is 138 cm³/mol. The number of carbonyl (C=O) groups is 1. The largest absolute Gasteiger partial charge is 0.489 e. The van der Waals surface area contributed by atoms with Gasteiger partial charge in [-0.2, -0.15) is 5.10 Å². The second-order valence-electron chi connectivity index (χ2n) is 10.2. The molecule has 4 heterocycles. The van der Waals surface area contributed by atoms with Crippen LogP contribution in [0.1, 0.15) is 32.6 Å². The Kier molecular flexibility index (Phi) is 6.10. The number of carbonyl (C=O) groups excluding carboxylic acids is 1. The molecule has 1 aliphatic carbocycles. The minimum absolute atomic E-state index is 0.276. The van der Waals surface area contributed by atoms with Gasteiger partial charge >= 0.3 is 0 Å². The zero-order valence-electron chi connectivity index (χ0n) is 20.6. The number of piperidine rings is 1. The van der Waals surface area contributed by atoms with Crippen LogP contribution in [0, 0.1) is 5.92 Å². The number of likely N-dealkylation sites (N-methyl/N-ethyl adjacent to an activating group) is 1. The van der Waals surface area contributed by atoms with Crippen molar-refractivity contribution in [2.75, 3.05) is 50.7 Å². The SMILES string of the molecule is CCN1CCCC(Oc2ccc(-c3cc4c(N5CCN(C(=O)C6CC6)CC5)ccnn4c3)cc2)C1. The van der Waals surface area contributed by atoms with E-state index in [9.17, 15) is 4.79 Å². The molecule has 35 heavy (non-hydrogen) atoms. The lowest BCUT2D eigenvalue weighted by atomic mass is 10.1. The molecule has 1 atom stereocenters. The third-order valence-corrected chi connectivity index (χ3v) is 7.74. The van der Waals surface area contributed by atoms with Crippen LogP contribution in [0.15, 0.2) is 48.8 Å². The van der Waals surface area contributed by atoms with E-state index in [0.717, 1.165) is 80.9 Å². The number of amides is 1. The van der Waals surface area contributed by atoms with Crippen LogP contribution in [0.2, 0.25) is 0 Å². The van der Waals surface area contributed by atoms with Crippen molar-refractivity contribution in [3.05, 3.63) is 48.8 Å². The normalized spacial score (nSPS) is 21.5. The Morgan fingerprint density at radius 2 is 1.80 bits per heavy atom. The molecule has 2 aromatic heterocycles. The van der Waals surface area contributed by atoms with Gasteiger partial charge in [0.05, 0.1) is 11.2 Å². The van der Waals surface area contributed by atoms with Crippen molar-refractivity contribution in [3.63, 3.8) is 0 Å². The van der Waals surface area contributed by atoms with E-state index in [0.29, 0.717) is 11.8 Å². The highest BCUT2D eigenvalue weighted by Crippen LogP contribution is 2.33. The van der Waals surface area contributed by atoms with E-state index >= 15 is 0 Å². The minimum Gasteiger partial charge on any atom is -0.489 e. The van der Waals surface area contributed by atoms with Crippen molar-refractivity contribution in [1.82, 2.24) is 19.4 Å². The number of rotatable bonds is 6. The van der Waals surface area contributed by atoms with Crippen LogP contribution in [0.5, 0.6) is 5.75 Å². The first kappa shape index (κ1) is 22.4. The number of likely N-dealkylation sites (tertiary alicyclic amines) is 1. The number of piperazine rings is 1. The lowest BCUT2D eigenvalue weighted by Gasteiger charge is -2.36. The second-order valence-corrected chi connectivity index (χ2v) is 10.2. The molecule has 0 bridgehead atoms. The van der Waals surface area contributed by atoms with Crippen molar-refractivity contribution in [2.45, 2.75) is 38.7 Å². The lowest BCUT2D eigenvalue weighted by molar-refractivity contribution is -0.132. The highest BCUT2D eigenvalue weighted by Gasteiger charge is 2.34. The topological polar surface area (TPSA) is 53.3 Å². The van der Waals surface area contributed by atoms with Crippen molar-refractivity contribution >= 4 is 17.1 Å². The summed E-state index contributed by atoms with van der Waals surface area (Å²) in [7, 11) is 0. The molecule has 2 saturated heterocycles. The van der Waals surface area contributed by atoms with Gasteiger partial charge in [-0.05, 0) is 68.6 Å². The molecular formula is C28H35N5O2. The molecule has 1 aromatic carbocycles. The van der Waals surface area contributed by atoms with Crippen molar-refractivity contribution < 1.29 is 9.53 Å². The van der Waals surface area contributed by atoms with Crippen LogP contribution < -0.4 is 9.64 Å². The molecule has 7 heteroatoms. The van der Waals surface area contributed by atoms with Gasteiger partial charge in [0.25, 0.3) is 0 Å². The van der Waals surface area contributed by atoms with Gasteiger partial charge in [-0.15, -0.1) is 0 Å². The van der Waals surface area contributed by atoms with Crippen molar-refractivity contribution in [3.8, 4) is 16.9 Å². The van der Waals surface area contributed by atoms with Crippen molar-refractivity contribution in [1.29, 1.82) is 0 Å². The Morgan fingerprint density at radius 1 is 1.00 bits per heavy atom. The molecule has 2 aliphatic heterocycles. The maximum atomic E-state index is 12.4. The fraction of sp³-hybridized carbons (Fsp3) is 0.500. The fourth-order valence-electron chi connectivity index (χ4n) is 5.50. The lowest BCUT2D eigenvalue weighted by Crippen LogP contribution is -2.49. The molecule has 184 valence electrons. The summed E-state index contributed by atoms with van der Waals surface area (Å²) in [6, 6.07) is 12.8. The molecule has 6 rings (SSSR count). The van der Waals surface area contributed by atoms with E-state index in [1.54, 1.807) is 0 Å². The highest BCUT2D eigenvalue weighted by molar-refractivity contribution is 5.82. The van der Waals surface area contributed by atoms with Crippen LogP contribution >= 0.6 is 0 Å². The number of hydrogen-bond donors (Lipinski definition) is 0. The minimum atomic E-state index is 0.276. The summed E-state index contributed by atoms with van der Waals surface area (Å²) in [6.45, 7) is 8.83. The van der Waals surface area contributed by atoms with E-state index in [1.807, 2.05) is 15.6 Å². The smallest absolute Gasteiger partial charge is 0.225 e. The monoisotopic (exact) mass is 473 g/mol. The van der Waals surface area contributed by atoms with Gasteiger partial charge in [0, 0.05) is 56.6 Å². The molecule has 3 aromatic rings. The van der Waals surface area contributed by atoms with Crippen molar-refractivity contribution in [2.24, 2.45) is 5.92 Å². The van der Waals surface area contributed by atoms with E-state index in [1.165, 1.54) is 18.7 Å². The van der Waals surface area contributed by atoms with Crippen LogP contribution in [-0.2, 0) is 4.79 Å². The van der Waals surface area contributed by atoms with Gasteiger partial charge in [-0.3, -0.25) is 9.69 Å². The number of benzene rings is 1. The summed E-state index contributed by atoms with van der Waals surface area (Å²) in [5.74, 6) is 1.60. The summed E-state index contributed by atoms with van der Waals surface area (Å²) in [5.41, 5.74) is 4.59. The van der Waals surface area contributed by atoms with Crippen LogP contribution in [-0.4, -0.2) is 77.2 Å². The van der Waals surface area contributed by atoms with Gasteiger partial charge in [0.1, 0.15) is 11.9 Å². The summed E-state index contributed by atoms with van der Waals surface area (Å²) >= 11 is 0. The number of anilines is 1. The summed E-state index contributed by atoms with van der Waals surface area (Å²) in [4.78, 5) is 19.3. The summed E-state index contributed by atoms with van der Waals surface area (Å²) < 4.78 is 8.26. The zero-order valence-corrected chi connectivity index (χ0v) is 20.6. The second kappa shape index (κ2) is 9.53. The van der Waals surface area contributed by atoms with Gasteiger partial charge in [0.2, 0.25) is 5.91 Å². The Bertz CT molecular complexity index is 1180. The van der Waals surface area contributed by atoms with E-state index in [2.05, 4.69) is 64.4 Å². The number of fused-ring (bicyclic) bond motifs is 1. The Labute approximate surface area is 207 Å². The number of aromatic nitrogens is 2. The summed E-state index contributed by atoms with van der Waals surface area (Å²) in [5, 5.41) is 4.56. The molecule has 0 N–H and O–H groups in total. The zero-order chi connectivity index (χ0) is 23.8. The standard InChI is InChI=1S/C28H35N5O2/c1-2-30-13-3-4-25(20-30)35-24-9-7-21(8-10-24)23-18-27-26(11-12-29-33(27)19-23)31-14-16-32(17-15-31)28(34)22-5-6-22/h7-12,18-19,22,25H,2-6,13-17,20H2,1H3. The predicted octanol–water partition coefficient (Wildman–Crippen LogP) is 3.92. The average Bonchev–Trinajstić information content (AvgIpc) is 3.66. The fourth-order valence-corrected chi connectivity index (χ4v) is 5.50. The van der Waals surface area contributed by atoms with E-state index in [-0.39, 0.29) is 6.10 Å². The van der Waals surface area contributed by atoms with E-state index in [4.69, 9.17) is 4.74 Å². The molecule has 3 aliphatic rings. The number of hydrogen-bond acceptors (Lipinski definition) is 5. The molecule has 0 spiro atoms. The molecule has 0 radical (unpaired) electrons. The van der Waals surface area contributed by atoms with Gasteiger partial charge in [-0.25, -0.2) is 4.52 Å². The molecular weight excluding hydrogens is 438 g/mol. The van der Waals surface area contributed by atoms with E-state index < -0.39 is 0 Å². The first-order valence-corrected chi connectivity index (χ1v) is 13.2. The number of ether oxygens (including phenoxy) is 1. The molecule has 7 nitrogen and oxygen atoms in total. The van der Waals surface area contributed by atoms with Gasteiger partial charge in [-0.1, -0.05) is 19.1 Å². The third kappa shape index (κ3) is 4.74. The summed E-state index contributed by atoms with van der Waals surface area (Å²) in [6.07, 6.45) is 8.72. The van der Waals surface area contributed by atoms with Gasteiger partial charge < -0.3 is 14.5 Å². The first-order valence-electron chi connectivity index (χ1n) is 13.2. The van der Waals surface area contributed by atoms with Crippen LogP contribution in [0.3, 0.4) is 0 Å². The average molecular weight is 474 g/mol. The van der Waals surface area contributed by atoms with Crippen LogP contribution in [0.25, 0.3) is 16.6 Å². The quantitative estimate of drug-likeness (QED) is 0.543. The van der Waals surface area contributed by atoms with Crippen LogP contribution in [0.4, 0.5) is 5.69 Å². The third-order valence-electron chi connectivity index (χ3n) is 7.74. The Hall–Kier alpha value is -3.06. The van der Waals surface area contributed by atoms with Gasteiger partial charge in [0.15, 0.2) is 0 Å². The first-order chi connectivity index (χ1) is 17.2. The maximum absolute atomic E-state index is 12.4. The Morgan fingerprint density at radius 3 is 2.54 bits per heavy atom. The molecule has 3 fully saturated rings. The molecule has 1 unspecified atom stereocenters. The number of nitrogens with zero attached hydrogens (tertiary/aromatic N) is 5.